The van der Waals surface area contributed by atoms with Crippen molar-refractivity contribution in [3.63, 3.8) is 0 Å². The summed E-state index contributed by atoms with van der Waals surface area (Å²) in [6, 6.07) is 8.89. The van der Waals surface area contributed by atoms with Crippen LogP contribution in [0.2, 0.25) is 0 Å². The molecule has 0 radical (unpaired) electrons. The lowest BCUT2D eigenvalue weighted by Gasteiger charge is -2.13. The first-order chi connectivity index (χ1) is 10.0. The topological polar surface area (TPSA) is 21.3 Å². The zero-order chi connectivity index (χ0) is 15.4. The minimum absolute atomic E-state index is 0.168. The second-order valence-corrected chi connectivity index (χ2v) is 7.07. The van der Waals surface area contributed by atoms with Crippen LogP contribution in [-0.2, 0) is 13.2 Å². The second-order valence-electron chi connectivity index (χ2n) is 4.44. The first-order valence-corrected chi connectivity index (χ1v) is 8.58. The fraction of sp³-hybridized carbons (Fsp3) is 0.200. The zero-order valence-electron chi connectivity index (χ0n) is 11.2. The van der Waals surface area contributed by atoms with E-state index < -0.39 is 0 Å². The zero-order valence-corrected chi connectivity index (χ0v) is 16.0. The third kappa shape index (κ3) is 4.52. The number of nitrogens with one attached hydrogen (secondary N) is 1. The summed E-state index contributed by atoms with van der Waals surface area (Å²) in [5.41, 5.74) is 1.63. The normalized spacial score (nSPS) is 10.7. The molecule has 0 saturated heterocycles. The van der Waals surface area contributed by atoms with E-state index in [1.165, 1.54) is 6.07 Å². The van der Waals surface area contributed by atoms with E-state index >= 15 is 0 Å². The minimum atomic E-state index is -0.288. The van der Waals surface area contributed by atoms with E-state index in [1.807, 2.05) is 19.2 Å². The average Bonchev–Trinajstić information content (AvgIpc) is 2.40. The predicted molar refractivity (Wildman–Crippen MR) is 93.0 cm³/mol. The summed E-state index contributed by atoms with van der Waals surface area (Å²) in [4.78, 5) is 0. The minimum Gasteiger partial charge on any atom is -0.486 e. The van der Waals surface area contributed by atoms with Gasteiger partial charge in [0.05, 0.1) is 8.95 Å². The fourth-order valence-corrected chi connectivity index (χ4v) is 3.69. The number of rotatable bonds is 5. The van der Waals surface area contributed by atoms with E-state index in [4.69, 9.17) is 4.74 Å². The van der Waals surface area contributed by atoms with Crippen molar-refractivity contribution in [2.24, 2.45) is 0 Å². The Labute approximate surface area is 148 Å². The van der Waals surface area contributed by atoms with E-state index in [2.05, 4.69) is 53.1 Å². The molecule has 21 heavy (non-hydrogen) atoms. The molecule has 2 aromatic rings. The first kappa shape index (κ1) is 16.9. The monoisotopic (exact) mass is 479 g/mol. The van der Waals surface area contributed by atoms with E-state index in [-0.39, 0.29) is 12.4 Å². The summed E-state index contributed by atoms with van der Waals surface area (Å²) in [5, 5.41) is 3.09. The highest BCUT2D eigenvalue weighted by Crippen LogP contribution is 2.35. The van der Waals surface area contributed by atoms with Crippen LogP contribution in [0.4, 0.5) is 4.39 Å². The molecule has 2 rings (SSSR count). The molecule has 0 aliphatic heterocycles. The molecule has 0 heterocycles. The number of hydrogen-bond donors (Lipinski definition) is 1. The van der Waals surface area contributed by atoms with E-state index in [0.29, 0.717) is 15.8 Å². The van der Waals surface area contributed by atoms with Crippen molar-refractivity contribution in [2.45, 2.75) is 13.2 Å². The lowest BCUT2D eigenvalue weighted by molar-refractivity contribution is 0.296. The quantitative estimate of drug-likeness (QED) is 0.616. The highest BCUT2D eigenvalue weighted by molar-refractivity contribution is 9.11. The van der Waals surface area contributed by atoms with Gasteiger partial charge in [0.15, 0.2) is 0 Å². The van der Waals surface area contributed by atoms with Gasteiger partial charge in [0.1, 0.15) is 18.2 Å². The molecule has 0 aliphatic carbocycles. The Morgan fingerprint density at radius 1 is 1.10 bits per heavy atom. The molecule has 0 fully saturated rings. The van der Waals surface area contributed by atoms with Crippen LogP contribution in [0.3, 0.4) is 0 Å². The number of ether oxygens (including phenoxy) is 1. The van der Waals surface area contributed by atoms with Crippen molar-refractivity contribution < 1.29 is 9.13 Å². The van der Waals surface area contributed by atoms with Crippen molar-refractivity contribution in [1.29, 1.82) is 0 Å². The molecule has 0 saturated carbocycles. The van der Waals surface area contributed by atoms with Gasteiger partial charge in [-0.2, -0.15) is 0 Å². The largest absolute Gasteiger partial charge is 0.486 e. The molecule has 0 aliphatic rings. The molecule has 6 heteroatoms. The Morgan fingerprint density at radius 3 is 2.33 bits per heavy atom. The SMILES string of the molecule is CNCc1cc(Br)c(OCc2ccc(Br)cc2F)c(Br)c1. The maximum absolute atomic E-state index is 13.8. The van der Waals surface area contributed by atoms with Gasteiger partial charge in [-0.25, -0.2) is 4.39 Å². The standard InChI is InChI=1S/C15H13Br3FNO/c1-20-7-9-4-12(17)15(13(18)5-9)21-8-10-2-3-11(16)6-14(10)19/h2-6,20H,7-8H2,1H3. The number of hydrogen-bond acceptors (Lipinski definition) is 2. The van der Waals surface area contributed by atoms with Gasteiger partial charge in [-0.05, 0) is 68.7 Å². The van der Waals surface area contributed by atoms with Crippen LogP contribution in [0.15, 0.2) is 43.7 Å². The molecule has 0 spiro atoms. The Bertz CT molecular complexity index is 626. The molecular weight excluding hydrogens is 469 g/mol. The van der Waals surface area contributed by atoms with Crippen LogP contribution >= 0.6 is 47.8 Å². The molecule has 0 amide bonds. The van der Waals surface area contributed by atoms with Gasteiger partial charge < -0.3 is 10.1 Å². The summed E-state index contributed by atoms with van der Waals surface area (Å²) in [7, 11) is 1.89. The summed E-state index contributed by atoms with van der Waals surface area (Å²) < 4.78 is 21.9. The third-order valence-corrected chi connectivity index (χ3v) is 4.50. The van der Waals surface area contributed by atoms with Crippen LogP contribution < -0.4 is 10.1 Å². The van der Waals surface area contributed by atoms with Gasteiger partial charge in [0.2, 0.25) is 0 Å². The fourth-order valence-electron chi connectivity index (χ4n) is 1.85. The van der Waals surface area contributed by atoms with Gasteiger partial charge in [-0.1, -0.05) is 22.0 Å². The van der Waals surface area contributed by atoms with Crippen LogP contribution in [-0.4, -0.2) is 7.05 Å². The summed E-state index contributed by atoms with van der Waals surface area (Å²) >= 11 is 10.2. The van der Waals surface area contributed by atoms with Gasteiger partial charge in [-0.15, -0.1) is 0 Å². The van der Waals surface area contributed by atoms with Gasteiger partial charge in [-0.3, -0.25) is 0 Å². The van der Waals surface area contributed by atoms with Crippen LogP contribution in [0.1, 0.15) is 11.1 Å². The Morgan fingerprint density at radius 2 is 1.76 bits per heavy atom. The highest BCUT2D eigenvalue weighted by Gasteiger charge is 2.11. The smallest absolute Gasteiger partial charge is 0.148 e. The maximum atomic E-state index is 13.8. The Kier molecular flexibility index (Phi) is 6.22. The Balaban J connectivity index is 2.16. The maximum Gasteiger partial charge on any atom is 0.148 e. The van der Waals surface area contributed by atoms with E-state index in [0.717, 1.165) is 21.1 Å². The van der Waals surface area contributed by atoms with E-state index in [9.17, 15) is 4.39 Å². The van der Waals surface area contributed by atoms with E-state index in [1.54, 1.807) is 12.1 Å². The lowest BCUT2D eigenvalue weighted by Crippen LogP contribution is -2.06. The van der Waals surface area contributed by atoms with Crippen molar-refractivity contribution in [2.75, 3.05) is 7.05 Å². The van der Waals surface area contributed by atoms with Gasteiger partial charge in [0.25, 0.3) is 0 Å². The molecule has 112 valence electrons. The van der Waals surface area contributed by atoms with Crippen LogP contribution in [0, 0.1) is 5.82 Å². The van der Waals surface area contributed by atoms with Crippen molar-refractivity contribution >= 4 is 47.8 Å². The van der Waals surface area contributed by atoms with Crippen molar-refractivity contribution in [3.05, 3.63) is 60.7 Å². The third-order valence-electron chi connectivity index (χ3n) is 2.83. The Hall–Kier alpha value is -0.430. The predicted octanol–water partition coefficient (Wildman–Crippen LogP) is 5.41. The second kappa shape index (κ2) is 7.72. The molecule has 0 unspecified atom stereocenters. The van der Waals surface area contributed by atoms with Gasteiger partial charge in [0, 0.05) is 16.6 Å². The molecular formula is C15H13Br3FNO. The average molecular weight is 482 g/mol. The number of benzene rings is 2. The molecule has 2 aromatic carbocycles. The lowest BCUT2D eigenvalue weighted by atomic mass is 10.2. The van der Waals surface area contributed by atoms with Gasteiger partial charge >= 0.3 is 0 Å². The number of halogens is 4. The summed E-state index contributed by atoms with van der Waals surface area (Å²) in [6.45, 7) is 0.931. The van der Waals surface area contributed by atoms with Crippen molar-refractivity contribution in [3.8, 4) is 5.75 Å². The summed E-state index contributed by atoms with van der Waals surface area (Å²) in [5.74, 6) is 0.376. The molecule has 2 nitrogen and oxygen atoms in total. The van der Waals surface area contributed by atoms with Crippen molar-refractivity contribution in [1.82, 2.24) is 5.32 Å². The highest BCUT2D eigenvalue weighted by atomic mass is 79.9. The van der Waals surface area contributed by atoms with Crippen LogP contribution in [0.25, 0.3) is 0 Å². The molecule has 0 atom stereocenters. The molecule has 0 aromatic heterocycles. The summed E-state index contributed by atoms with van der Waals surface area (Å²) in [6.07, 6.45) is 0. The van der Waals surface area contributed by atoms with Crippen LogP contribution in [0.5, 0.6) is 5.75 Å². The first-order valence-electron chi connectivity index (χ1n) is 6.20. The molecule has 1 N–H and O–H groups in total. The molecule has 0 bridgehead atoms.